The fourth-order valence-corrected chi connectivity index (χ4v) is 4.06. The number of aryl methyl sites for hydroxylation is 3. The Morgan fingerprint density at radius 2 is 1.75 bits per heavy atom. The highest BCUT2D eigenvalue weighted by Gasteiger charge is 2.48. The first-order valence-electron chi connectivity index (χ1n) is 10.5. The van der Waals surface area contributed by atoms with Crippen LogP contribution in [0.15, 0.2) is 64.6 Å². The molecule has 0 saturated carbocycles. The molecule has 1 aromatic heterocycles. The van der Waals surface area contributed by atoms with Crippen molar-refractivity contribution in [1.82, 2.24) is 0 Å². The van der Waals surface area contributed by atoms with Crippen molar-refractivity contribution in [2.45, 2.75) is 33.7 Å². The van der Waals surface area contributed by atoms with Crippen LogP contribution in [0.2, 0.25) is 0 Å². The molecule has 3 aromatic rings. The zero-order valence-corrected chi connectivity index (χ0v) is 18.5. The number of benzene rings is 2. The summed E-state index contributed by atoms with van der Waals surface area (Å²) < 4.78 is 11.3. The van der Waals surface area contributed by atoms with E-state index in [9.17, 15) is 14.7 Å². The van der Waals surface area contributed by atoms with E-state index >= 15 is 0 Å². The van der Waals surface area contributed by atoms with Crippen LogP contribution in [0.4, 0.5) is 5.69 Å². The van der Waals surface area contributed by atoms with Gasteiger partial charge in [-0.3, -0.25) is 14.5 Å². The number of carbonyl (C=O) groups is 2. The normalized spacial score (nSPS) is 17.8. The van der Waals surface area contributed by atoms with Crippen LogP contribution >= 0.6 is 0 Å². The third-order valence-corrected chi connectivity index (χ3v) is 5.53. The van der Waals surface area contributed by atoms with Crippen LogP contribution in [0.5, 0.6) is 5.75 Å². The molecule has 1 atom stereocenters. The molecule has 164 valence electrons. The highest BCUT2D eigenvalue weighted by molar-refractivity contribution is 6.51. The number of furan rings is 1. The van der Waals surface area contributed by atoms with Gasteiger partial charge in [0.1, 0.15) is 29.1 Å². The van der Waals surface area contributed by atoms with Gasteiger partial charge in [0, 0.05) is 11.3 Å². The average Bonchev–Trinajstić information content (AvgIpc) is 3.30. The summed E-state index contributed by atoms with van der Waals surface area (Å²) in [6, 6.07) is 15.0. The lowest BCUT2D eigenvalue weighted by atomic mass is 9.98. The van der Waals surface area contributed by atoms with Crippen LogP contribution in [0.3, 0.4) is 0 Å². The minimum absolute atomic E-state index is 0.00603. The number of carbonyl (C=O) groups excluding carboxylic acids is 2. The topological polar surface area (TPSA) is 80.0 Å². The molecule has 1 aliphatic heterocycles. The first-order valence-corrected chi connectivity index (χ1v) is 10.5. The van der Waals surface area contributed by atoms with Crippen LogP contribution in [-0.4, -0.2) is 23.4 Å². The lowest BCUT2D eigenvalue weighted by Gasteiger charge is -2.25. The predicted octanol–water partition coefficient (Wildman–Crippen LogP) is 5.23. The molecular weight excluding hydrogens is 406 g/mol. The number of amides is 1. The summed E-state index contributed by atoms with van der Waals surface area (Å²) in [5, 5.41) is 11.1. The zero-order valence-electron chi connectivity index (χ0n) is 18.5. The van der Waals surface area contributed by atoms with Gasteiger partial charge in [0.05, 0.1) is 12.2 Å². The second-order valence-corrected chi connectivity index (χ2v) is 7.86. The van der Waals surface area contributed by atoms with Crippen molar-refractivity contribution in [2.24, 2.45) is 0 Å². The number of rotatable bonds is 5. The molecule has 1 saturated heterocycles. The zero-order chi connectivity index (χ0) is 23.0. The van der Waals surface area contributed by atoms with Crippen molar-refractivity contribution in [2.75, 3.05) is 11.5 Å². The second-order valence-electron chi connectivity index (χ2n) is 7.86. The summed E-state index contributed by atoms with van der Waals surface area (Å²) in [6.07, 6.45) is 0. The fourth-order valence-electron chi connectivity index (χ4n) is 4.06. The third kappa shape index (κ3) is 3.68. The van der Waals surface area contributed by atoms with E-state index in [1.807, 2.05) is 39.0 Å². The van der Waals surface area contributed by atoms with E-state index in [-0.39, 0.29) is 11.3 Å². The monoisotopic (exact) mass is 431 g/mol. The maximum atomic E-state index is 13.2. The minimum atomic E-state index is -0.878. The quantitative estimate of drug-likeness (QED) is 0.340. The molecule has 2 heterocycles. The predicted molar refractivity (Wildman–Crippen MR) is 122 cm³/mol. The molecular formula is C26H25NO5. The Kier molecular flexibility index (Phi) is 5.61. The average molecular weight is 431 g/mol. The van der Waals surface area contributed by atoms with Gasteiger partial charge in [0.25, 0.3) is 11.7 Å². The molecule has 1 N–H and O–H groups in total. The van der Waals surface area contributed by atoms with Gasteiger partial charge < -0.3 is 14.3 Å². The number of hydrogen-bond acceptors (Lipinski definition) is 5. The van der Waals surface area contributed by atoms with Crippen molar-refractivity contribution in [3.05, 3.63) is 88.4 Å². The fraction of sp³-hybridized carbons (Fsp3) is 0.231. The first-order chi connectivity index (χ1) is 15.3. The maximum absolute atomic E-state index is 13.2. The van der Waals surface area contributed by atoms with Gasteiger partial charge >= 0.3 is 0 Å². The van der Waals surface area contributed by atoms with Crippen LogP contribution in [0, 0.1) is 20.8 Å². The van der Waals surface area contributed by atoms with E-state index in [4.69, 9.17) is 9.15 Å². The smallest absolute Gasteiger partial charge is 0.300 e. The summed E-state index contributed by atoms with van der Waals surface area (Å²) >= 11 is 0. The van der Waals surface area contributed by atoms with E-state index in [0.717, 1.165) is 11.1 Å². The number of hydrogen-bond donors (Lipinski definition) is 1. The van der Waals surface area contributed by atoms with E-state index in [1.165, 1.54) is 4.90 Å². The Balaban J connectivity index is 1.89. The van der Waals surface area contributed by atoms with E-state index in [2.05, 4.69) is 0 Å². The molecule has 0 aliphatic carbocycles. The Morgan fingerprint density at radius 1 is 1.03 bits per heavy atom. The summed E-state index contributed by atoms with van der Waals surface area (Å²) in [5.74, 6) is -0.00365. The largest absolute Gasteiger partial charge is 0.507 e. The molecule has 2 aromatic carbocycles. The molecule has 32 heavy (non-hydrogen) atoms. The highest BCUT2D eigenvalue weighted by atomic mass is 16.5. The van der Waals surface area contributed by atoms with E-state index in [0.29, 0.717) is 35.1 Å². The summed E-state index contributed by atoms with van der Waals surface area (Å²) in [6.45, 7) is 8.04. The number of ketones is 1. The molecule has 0 radical (unpaired) electrons. The third-order valence-electron chi connectivity index (χ3n) is 5.53. The number of aliphatic hydroxyl groups is 1. The van der Waals surface area contributed by atoms with E-state index < -0.39 is 17.7 Å². The van der Waals surface area contributed by atoms with Crippen molar-refractivity contribution in [1.29, 1.82) is 0 Å². The maximum Gasteiger partial charge on any atom is 0.300 e. The Bertz CT molecular complexity index is 1220. The van der Waals surface area contributed by atoms with Crippen molar-refractivity contribution < 1.29 is 23.8 Å². The van der Waals surface area contributed by atoms with Gasteiger partial charge in [0.2, 0.25) is 0 Å². The van der Waals surface area contributed by atoms with Gasteiger partial charge in [-0.2, -0.15) is 0 Å². The molecule has 1 amide bonds. The van der Waals surface area contributed by atoms with E-state index in [1.54, 1.807) is 43.3 Å². The minimum Gasteiger partial charge on any atom is -0.507 e. The Labute approximate surface area is 186 Å². The van der Waals surface area contributed by atoms with Gasteiger partial charge in [-0.1, -0.05) is 17.7 Å². The molecule has 1 fully saturated rings. The van der Waals surface area contributed by atoms with Crippen LogP contribution < -0.4 is 9.64 Å². The highest BCUT2D eigenvalue weighted by Crippen LogP contribution is 2.43. The molecule has 4 rings (SSSR count). The van der Waals surface area contributed by atoms with Gasteiger partial charge in [-0.15, -0.1) is 0 Å². The summed E-state index contributed by atoms with van der Waals surface area (Å²) in [7, 11) is 0. The summed E-state index contributed by atoms with van der Waals surface area (Å²) in [4.78, 5) is 27.8. The van der Waals surface area contributed by atoms with Gasteiger partial charge in [0.15, 0.2) is 0 Å². The SMILES string of the molecule is CCOc1ccc(/C(O)=C2/C(=O)C(=O)N(c3ccc(C)cc3C)C2c2ccc(C)o2)cc1. The second kappa shape index (κ2) is 8.38. The first kappa shape index (κ1) is 21.4. The number of ether oxygens (including phenoxy) is 1. The number of Topliss-reactive ketones (excluding diaryl/α,β-unsaturated/α-hetero) is 1. The lowest BCUT2D eigenvalue weighted by Crippen LogP contribution is -2.30. The molecule has 6 heteroatoms. The van der Waals surface area contributed by atoms with Crippen molar-refractivity contribution >= 4 is 23.1 Å². The van der Waals surface area contributed by atoms with Crippen LogP contribution in [-0.2, 0) is 9.59 Å². The Hall–Kier alpha value is -3.80. The van der Waals surface area contributed by atoms with Crippen molar-refractivity contribution in [3.8, 4) is 5.75 Å². The van der Waals surface area contributed by atoms with Crippen LogP contribution in [0.1, 0.15) is 41.2 Å². The molecule has 1 unspecified atom stereocenters. The van der Waals surface area contributed by atoms with Crippen LogP contribution in [0.25, 0.3) is 5.76 Å². The lowest BCUT2D eigenvalue weighted by molar-refractivity contribution is -0.132. The van der Waals surface area contributed by atoms with Gasteiger partial charge in [-0.25, -0.2) is 0 Å². The van der Waals surface area contributed by atoms with Crippen molar-refractivity contribution in [3.63, 3.8) is 0 Å². The number of nitrogens with zero attached hydrogens (tertiary/aromatic N) is 1. The van der Waals surface area contributed by atoms with Gasteiger partial charge in [-0.05, 0) is 75.7 Å². The number of aliphatic hydroxyl groups excluding tert-OH is 1. The molecule has 0 bridgehead atoms. The molecule has 6 nitrogen and oxygen atoms in total. The standard InChI is InChI=1S/C26H25NO5/c1-5-31-19-10-8-18(9-11-19)24(28)22-23(21-13-7-17(4)32-21)27(26(30)25(22)29)20-12-6-15(2)14-16(20)3/h6-14,23,28H,5H2,1-4H3/b24-22-. The Morgan fingerprint density at radius 3 is 2.34 bits per heavy atom. The molecule has 0 spiro atoms. The summed E-state index contributed by atoms with van der Waals surface area (Å²) in [5.41, 5.74) is 2.90. The molecule has 1 aliphatic rings. The number of anilines is 1.